The van der Waals surface area contributed by atoms with Gasteiger partial charge in [0.1, 0.15) is 0 Å². The van der Waals surface area contributed by atoms with Crippen LogP contribution in [0.5, 0.6) is 0 Å². The van der Waals surface area contributed by atoms with Crippen LogP contribution in [-0.2, 0) is 13.1 Å². The van der Waals surface area contributed by atoms with E-state index in [1.54, 1.807) is 4.68 Å². The van der Waals surface area contributed by atoms with Gasteiger partial charge in [-0.2, -0.15) is 10.2 Å². The molecule has 180 valence electrons. The Morgan fingerprint density at radius 2 is 1.53 bits per heavy atom. The van der Waals surface area contributed by atoms with E-state index in [4.69, 9.17) is 40.5 Å². The van der Waals surface area contributed by atoms with Crippen molar-refractivity contribution < 1.29 is 0 Å². The van der Waals surface area contributed by atoms with Crippen molar-refractivity contribution in [3.63, 3.8) is 0 Å². The summed E-state index contributed by atoms with van der Waals surface area (Å²) in [6.45, 7) is 0.957. The molecule has 2 N–H and O–H groups in total. The second kappa shape index (κ2) is 11.0. The zero-order valence-corrected chi connectivity index (χ0v) is 21.4. The molecule has 0 bridgehead atoms. The van der Waals surface area contributed by atoms with Gasteiger partial charge in [-0.1, -0.05) is 77.8 Å². The number of nitrogens with one attached hydrogen (secondary N) is 2. The third-order valence-corrected chi connectivity index (χ3v) is 6.52. The van der Waals surface area contributed by atoms with Crippen LogP contribution in [0.4, 0.5) is 5.82 Å². The topological polar surface area (TPSA) is 59.7 Å². The van der Waals surface area contributed by atoms with E-state index in [0.29, 0.717) is 34.1 Å². The monoisotopic (exact) mass is 532 g/mol. The SMILES string of the molecule is S=C(NCc1cn(-c2ccccc2)nc1-c1ccccc1)Nc1ccn(Cc2c(Cl)cccc2Cl)n1. The lowest BCUT2D eigenvalue weighted by Gasteiger charge is -2.09. The summed E-state index contributed by atoms with van der Waals surface area (Å²) in [5.74, 6) is 0.624. The Labute approximate surface area is 224 Å². The summed E-state index contributed by atoms with van der Waals surface area (Å²) in [5.41, 5.74) is 4.77. The first-order valence-corrected chi connectivity index (χ1v) is 12.4. The molecular formula is C27H22Cl2N6S. The molecule has 0 spiro atoms. The van der Waals surface area contributed by atoms with Crippen LogP contribution < -0.4 is 10.6 Å². The van der Waals surface area contributed by atoms with Gasteiger partial charge in [0, 0.05) is 51.7 Å². The van der Waals surface area contributed by atoms with Crippen molar-refractivity contribution in [2.75, 3.05) is 5.32 Å². The highest BCUT2D eigenvalue weighted by atomic mass is 35.5. The first kappa shape index (κ1) is 24.1. The van der Waals surface area contributed by atoms with Crippen molar-refractivity contribution in [1.82, 2.24) is 24.9 Å². The number of benzene rings is 3. The smallest absolute Gasteiger partial charge is 0.172 e. The normalized spacial score (nSPS) is 10.8. The van der Waals surface area contributed by atoms with Crippen LogP contribution in [0.1, 0.15) is 11.1 Å². The molecule has 0 atom stereocenters. The summed E-state index contributed by atoms with van der Waals surface area (Å²) < 4.78 is 3.65. The number of hydrogen-bond donors (Lipinski definition) is 2. The quantitative estimate of drug-likeness (QED) is 0.232. The van der Waals surface area contributed by atoms with Crippen molar-refractivity contribution in [2.24, 2.45) is 0 Å². The van der Waals surface area contributed by atoms with Crippen molar-refractivity contribution in [3.8, 4) is 16.9 Å². The zero-order valence-electron chi connectivity index (χ0n) is 19.1. The van der Waals surface area contributed by atoms with Gasteiger partial charge in [0.15, 0.2) is 10.9 Å². The molecule has 2 aromatic heterocycles. The Bertz CT molecular complexity index is 1460. The number of hydrogen-bond acceptors (Lipinski definition) is 3. The molecule has 0 saturated carbocycles. The lowest BCUT2D eigenvalue weighted by Crippen LogP contribution is -2.28. The fourth-order valence-electron chi connectivity index (χ4n) is 3.79. The van der Waals surface area contributed by atoms with Gasteiger partial charge >= 0.3 is 0 Å². The average Bonchev–Trinajstić information content (AvgIpc) is 3.53. The maximum atomic E-state index is 6.29. The summed E-state index contributed by atoms with van der Waals surface area (Å²) in [5, 5.41) is 17.5. The fraction of sp³-hybridized carbons (Fsp3) is 0.0741. The van der Waals surface area contributed by atoms with Crippen LogP contribution in [0, 0.1) is 0 Å². The molecule has 0 saturated heterocycles. The maximum Gasteiger partial charge on any atom is 0.172 e. The second-order valence-corrected chi connectivity index (χ2v) is 9.28. The van der Waals surface area contributed by atoms with Gasteiger partial charge < -0.3 is 10.6 Å². The van der Waals surface area contributed by atoms with E-state index in [1.165, 1.54) is 0 Å². The number of rotatable bonds is 7. The van der Waals surface area contributed by atoms with Crippen LogP contribution in [0.15, 0.2) is 97.3 Å². The first-order valence-electron chi connectivity index (χ1n) is 11.3. The molecule has 9 heteroatoms. The molecule has 6 nitrogen and oxygen atoms in total. The minimum atomic E-state index is 0.458. The molecule has 5 rings (SSSR count). The number of nitrogens with zero attached hydrogens (tertiary/aromatic N) is 4. The second-order valence-electron chi connectivity index (χ2n) is 8.06. The summed E-state index contributed by atoms with van der Waals surface area (Å²) >= 11 is 18.1. The van der Waals surface area contributed by atoms with Crippen LogP contribution in [-0.4, -0.2) is 24.7 Å². The van der Waals surface area contributed by atoms with E-state index in [1.807, 2.05) is 89.9 Å². The minimum Gasteiger partial charge on any atom is -0.358 e. The van der Waals surface area contributed by atoms with Crippen LogP contribution >= 0.6 is 35.4 Å². The molecule has 0 aliphatic rings. The molecular weight excluding hydrogens is 511 g/mol. The van der Waals surface area contributed by atoms with E-state index in [0.717, 1.165) is 28.1 Å². The molecule has 36 heavy (non-hydrogen) atoms. The summed E-state index contributed by atoms with van der Waals surface area (Å²) in [7, 11) is 0. The lowest BCUT2D eigenvalue weighted by molar-refractivity contribution is 0.690. The highest BCUT2D eigenvalue weighted by Gasteiger charge is 2.13. The molecule has 3 aromatic carbocycles. The van der Waals surface area contributed by atoms with Crippen LogP contribution in [0.3, 0.4) is 0 Å². The molecule has 0 amide bonds. The molecule has 5 aromatic rings. The highest BCUT2D eigenvalue weighted by molar-refractivity contribution is 7.80. The van der Waals surface area contributed by atoms with Gasteiger partial charge in [-0.15, -0.1) is 0 Å². The van der Waals surface area contributed by atoms with Gasteiger partial charge in [-0.3, -0.25) is 4.68 Å². The van der Waals surface area contributed by atoms with E-state index in [2.05, 4.69) is 27.9 Å². The summed E-state index contributed by atoms with van der Waals surface area (Å²) in [6.07, 6.45) is 3.87. The molecule has 2 heterocycles. The molecule has 0 fully saturated rings. The largest absolute Gasteiger partial charge is 0.358 e. The summed E-state index contributed by atoms with van der Waals surface area (Å²) in [6, 6.07) is 27.4. The van der Waals surface area contributed by atoms with Crippen LogP contribution in [0.2, 0.25) is 10.0 Å². The average molecular weight is 533 g/mol. The van der Waals surface area contributed by atoms with Crippen LogP contribution in [0.25, 0.3) is 16.9 Å². The van der Waals surface area contributed by atoms with E-state index < -0.39 is 0 Å². The number of halogens is 2. The van der Waals surface area contributed by atoms with Gasteiger partial charge in [-0.25, -0.2) is 4.68 Å². The Morgan fingerprint density at radius 3 is 2.25 bits per heavy atom. The third-order valence-electron chi connectivity index (χ3n) is 5.56. The zero-order chi connectivity index (χ0) is 24.9. The Kier molecular flexibility index (Phi) is 7.32. The van der Waals surface area contributed by atoms with Gasteiger partial charge in [0.05, 0.1) is 17.9 Å². The maximum absolute atomic E-state index is 6.29. The number of anilines is 1. The number of aromatic nitrogens is 4. The molecule has 0 radical (unpaired) electrons. The fourth-order valence-corrected chi connectivity index (χ4v) is 4.48. The van der Waals surface area contributed by atoms with Crippen molar-refractivity contribution in [1.29, 1.82) is 0 Å². The van der Waals surface area contributed by atoms with E-state index in [9.17, 15) is 0 Å². The van der Waals surface area contributed by atoms with Crippen molar-refractivity contribution in [3.05, 3.63) is 118 Å². The first-order chi connectivity index (χ1) is 17.6. The summed E-state index contributed by atoms with van der Waals surface area (Å²) in [4.78, 5) is 0. The van der Waals surface area contributed by atoms with E-state index >= 15 is 0 Å². The van der Waals surface area contributed by atoms with Gasteiger partial charge in [0.25, 0.3) is 0 Å². The predicted octanol–water partition coefficient (Wildman–Crippen LogP) is 6.58. The minimum absolute atomic E-state index is 0.458. The predicted molar refractivity (Wildman–Crippen MR) is 150 cm³/mol. The van der Waals surface area contributed by atoms with E-state index in [-0.39, 0.29) is 0 Å². The number of para-hydroxylation sites is 1. The van der Waals surface area contributed by atoms with Crippen molar-refractivity contribution >= 4 is 46.4 Å². The Hall–Kier alpha value is -3.65. The molecule has 0 aliphatic heterocycles. The Morgan fingerprint density at radius 1 is 0.833 bits per heavy atom. The van der Waals surface area contributed by atoms with Gasteiger partial charge in [-0.05, 0) is 36.5 Å². The molecule has 0 aliphatic carbocycles. The third kappa shape index (κ3) is 5.60. The number of thiocarbonyl (C=S) groups is 1. The highest BCUT2D eigenvalue weighted by Crippen LogP contribution is 2.26. The van der Waals surface area contributed by atoms with Gasteiger partial charge in [0.2, 0.25) is 0 Å². The lowest BCUT2D eigenvalue weighted by atomic mass is 10.1. The van der Waals surface area contributed by atoms with Crippen molar-refractivity contribution in [2.45, 2.75) is 13.1 Å². The Balaban J connectivity index is 1.27. The standard InChI is InChI=1S/C27H22Cl2N6S/c28-23-12-7-13-24(29)22(23)18-34-15-14-25(32-34)31-27(36)30-16-20-17-35(21-10-5-2-6-11-21)33-26(20)19-8-3-1-4-9-19/h1-15,17H,16,18H2,(H2,30,31,32,36). The molecule has 0 unspecified atom stereocenters.